The second kappa shape index (κ2) is 5.68. The van der Waals surface area contributed by atoms with Gasteiger partial charge in [0.1, 0.15) is 0 Å². The van der Waals surface area contributed by atoms with Gasteiger partial charge in [0, 0.05) is 7.05 Å². The van der Waals surface area contributed by atoms with Crippen LogP contribution in [0.4, 0.5) is 13.2 Å². The molecule has 0 aromatic heterocycles. The molecule has 0 aliphatic rings. The summed E-state index contributed by atoms with van der Waals surface area (Å²) in [6, 6.07) is 2.47. The molecule has 0 heterocycles. The number of carbonyl (C=O) groups is 1. The molecule has 0 aliphatic heterocycles. The Labute approximate surface area is 107 Å². The zero-order chi connectivity index (χ0) is 14.6. The van der Waals surface area contributed by atoms with Crippen LogP contribution in [0.25, 0.3) is 0 Å². The Morgan fingerprint density at radius 2 is 1.79 bits per heavy atom. The van der Waals surface area contributed by atoms with Crippen LogP contribution < -0.4 is 19.5 Å². The van der Waals surface area contributed by atoms with E-state index in [9.17, 15) is 18.0 Å². The number of carbonyl (C=O) groups excluding carboxylic acids is 1. The van der Waals surface area contributed by atoms with E-state index in [1.165, 1.54) is 26.3 Å². The van der Waals surface area contributed by atoms with Gasteiger partial charge in [0.05, 0.1) is 19.8 Å². The molecule has 0 atom stereocenters. The Bertz CT molecular complexity index is 474. The van der Waals surface area contributed by atoms with Gasteiger partial charge in [0.15, 0.2) is 11.5 Å². The zero-order valence-corrected chi connectivity index (χ0v) is 10.4. The number of alkyl halides is 3. The summed E-state index contributed by atoms with van der Waals surface area (Å²) in [6.45, 7) is 0. The summed E-state index contributed by atoms with van der Waals surface area (Å²) in [5.41, 5.74) is -0.0925. The van der Waals surface area contributed by atoms with E-state index in [0.29, 0.717) is 0 Å². The van der Waals surface area contributed by atoms with Gasteiger partial charge in [-0.2, -0.15) is 0 Å². The predicted molar refractivity (Wildman–Crippen MR) is 59.6 cm³/mol. The van der Waals surface area contributed by atoms with Gasteiger partial charge in [-0.15, -0.1) is 13.2 Å². The molecule has 0 bridgehead atoms. The maximum atomic E-state index is 12.4. The van der Waals surface area contributed by atoms with Crippen LogP contribution in [0.3, 0.4) is 0 Å². The van der Waals surface area contributed by atoms with Crippen molar-refractivity contribution in [2.75, 3.05) is 21.3 Å². The van der Waals surface area contributed by atoms with E-state index in [-0.39, 0.29) is 17.1 Å². The minimum atomic E-state index is -4.93. The molecule has 0 unspecified atom stereocenters. The van der Waals surface area contributed by atoms with E-state index in [4.69, 9.17) is 9.47 Å². The average molecular weight is 279 g/mol. The van der Waals surface area contributed by atoms with E-state index < -0.39 is 18.0 Å². The van der Waals surface area contributed by atoms with Gasteiger partial charge in [-0.3, -0.25) is 4.79 Å². The molecule has 0 radical (unpaired) electrons. The Morgan fingerprint density at radius 3 is 2.21 bits per heavy atom. The summed E-state index contributed by atoms with van der Waals surface area (Å²) in [5.74, 6) is -1.84. The third kappa shape index (κ3) is 3.43. The number of methoxy groups -OCH3 is 2. The predicted octanol–water partition coefficient (Wildman–Crippen LogP) is 1.96. The summed E-state index contributed by atoms with van der Waals surface area (Å²) in [6.07, 6.45) is -4.93. The van der Waals surface area contributed by atoms with Crippen molar-refractivity contribution >= 4 is 5.91 Å². The molecule has 1 aromatic rings. The molecule has 1 rings (SSSR count). The van der Waals surface area contributed by atoms with Gasteiger partial charge in [0.25, 0.3) is 5.91 Å². The first-order valence-corrected chi connectivity index (χ1v) is 5.06. The molecule has 0 saturated carbocycles. The van der Waals surface area contributed by atoms with Crippen LogP contribution in [-0.2, 0) is 0 Å². The van der Waals surface area contributed by atoms with Crippen molar-refractivity contribution in [3.63, 3.8) is 0 Å². The molecule has 0 fully saturated rings. The van der Waals surface area contributed by atoms with Crippen molar-refractivity contribution < 1.29 is 32.2 Å². The number of amides is 1. The summed E-state index contributed by atoms with van der Waals surface area (Å²) in [7, 11) is 3.65. The Hall–Kier alpha value is -2.12. The standard InChI is InChI=1S/C11H12F3NO4/c1-15-10(16)6-4-5-7(17-2)9(8(6)18-3)19-11(12,13)14/h4-5H,1-3H3,(H,15,16). The van der Waals surface area contributed by atoms with Crippen molar-refractivity contribution in [1.29, 1.82) is 0 Å². The van der Waals surface area contributed by atoms with Gasteiger partial charge >= 0.3 is 6.36 Å². The lowest BCUT2D eigenvalue weighted by Gasteiger charge is -2.17. The van der Waals surface area contributed by atoms with Gasteiger partial charge < -0.3 is 19.5 Å². The smallest absolute Gasteiger partial charge is 0.493 e. The van der Waals surface area contributed by atoms with Crippen molar-refractivity contribution in [2.24, 2.45) is 0 Å². The number of benzene rings is 1. The summed E-state index contributed by atoms with van der Waals surface area (Å²) < 4.78 is 50.5. The van der Waals surface area contributed by atoms with Crippen LogP contribution in [0.2, 0.25) is 0 Å². The van der Waals surface area contributed by atoms with E-state index in [0.717, 1.165) is 7.11 Å². The molecule has 1 aromatic carbocycles. The molecule has 1 N–H and O–H groups in total. The first kappa shape index (κ1) is 14.9. The molecule has 106 valence electrons. The fourth-order valence-corrected chi connectivity index (χ4v) is 1.43. The van der Waals surface area contributed by atoms with Crippen molar-refractivity contribution in [3.8, 4) is 17.2 Å². The molecular formula is C11H12F3NO4. The highest BCUT2D eigenvalue weighted by atomic mass is 19.4. The molecular weight excluding hydrogens is 267 g/mol. The summed E-state index contributed by atoms with van der Waals surface area (Å²) in [4.78, 5) is 11.5. The number of rotatable bonds is 4. The molecule has 19 heavy (non-hydrogen) atoms. The van der Waals surface area contributed by atoms with E-state index in [1.54, 1.807) is 0 Å². The topological polar surface area (TPSA) is 56.8 Å². The molecule has 5 nitrogen and oxygen atoms in total. The maximum absolute atomic E-state index is 12.4. The highest BCUT2D eigenvalue weighted by molar-refractivity contribution is 5.98. The molecule has 1 amide bonds. The molecule has 0 spiro atoms. The van der Waals surface area contributed by atoms with Crippen molar-refractivity contribution in [1.82, 2.24) is 5.32 Å². The lowest BCUT2D eigenvalue weighted by Crippen LogP contribution is -2.21. The first-order valence-electron chi connectivity index (χ1n) is 5.06. The molecule has 0 aliphatic carbocycles. The van der Waals surface area contributed by atoms with Crippen LogP contribution in [0.1, 0.15) is 10.4 Å². The third-order valence-electron chi connectivity index (χ3n) is 2.19. The Morgan fingerprint density at radius 1 is 1.16 bits per heavy atom. The summed E-state index contributed by atoms with van der Waals surface area (Å²) in [5, 5.41) is 2.29. The van der Waals surface area contributed by atoms with Gasteiger partial charge in [-0.05, 0) is 12.1 Å². The number of halogens is 3. The number of hydrogen-bond donors (Lipinski definition) is 1. The number of ether oxygens (including phenoxy) is 3. The van der Waals surface area contributed by atoms with Crippen molar-refractivity contribution in [3.05, 3.63) is 17.7 Å². The minimum Gasteiger partial charge on any atom is -0.493 e. The molecule has 0 saturated heterocycles. The van der Waals surface area contributed by atoms with Crippen LogP contribution in [0.15, 0.2) is 12.1 Å². The van der Waals surface area contributed by atoms with Crippen LogP contribution in [0.5, 0.6) is 17.2 Å². The van der Waals surface area contributed by atoms with Gasteiger partial charge in [-0.25, -0.2) is 0 Å². The number of nitrogens with one attached hydrogen (secondary N) is 1. The third-order valence-corrected chi connectivity index (χ3v) is 2.19. The highest BCUT2D eigenvalue weighted by Crippen LogP contribution is 2.42. The largest absolute Gasteiger partial charge is 0.573 e. The van der Waals surface area contributed by atoms with Gasteiger partial charge in [-0.1, -0.05) is 0 Å². The normalized spacial score (nSPS) is 10.8. The van der Waals surface area contributed by atoms with Gasteiger partial charge in [0.2, 0.25) is 5.75 Å². The Balaban J connectivity index is 3.41. The van der Waals surface area contributed by atoms with E-state index in [1.807, 2.05) is 0 Å². The molecule has 8 heteroatoms. The first-order chi connectivity index (χ1) is 8.84. The highest BCUT2D eigenvalue weighted by Gasteiger charge is 2.35. The van der Waals surface area contributed by atoms with E-state index in [2.05, 4.69) is 10.1 Å². The Kier molecular flexibility index (Phi) is 4.47. The quantitative estimate of drug-likeness (QED) is 0.915. The van der Waals surface area contributed by atoms with Crippen molar-refractivity contribution in [2.45, 2.75) is 6.36 Å². The number of hydrogen-bond acceptors (Lipinski definition) is 4. The average Bonchev–Trinajstić information content (AvgIpc) is 2.35. The fourth-order valence-electron chi connectivity index (χ4n) is 1.43. The zero-order valence-electron chi connectivity index (χ0n) is 10.4. The minimum absolute atomic E-state index is 0.0925. The summed E-state index contributed by atoms with van der Waals surface area (Å²) >= 11 is 0. The van der Waals surface area contributed by atoms with Crippen LogP contribution >= 0.6 is 0 Å². The lowest BCUT2D eigenvalue weighted by atomic mass is 10.1. The second-order valence-electron chi connectivity index (χ2n) is 3.30. The SMILES string of the molecule is CNC(=O)c1ccc(OC)c(OC(F)(F)F)c1OC. The lowest BCUT2D eigenvalue weighted by molar-refractivity contribution is -0.275. The van der Waals surface area contributed by atoms with Crippen LogP contribution in [0, 0.1) is 0 Å². The van der Waals surface area contributed by atoms with Crippen LogP contribution in [-0.4, -0.2) is 33.5 Å². The van der Waals surface area contributed by atoms with E-state index >= 15 is 0 Å². The monoisotopic (exact) mass is 279 g/mol. The fraction of sp³-hybridized carbons (Fsp3) is 0.364. The second-order valence-corrected chi connectivity index (χ2v) is 3.30. The maximum Gasteiger partial charge on any atom is 0.573 e.